The maximum Gasteiger partial charge on any atom is 0.340 e. The first kappa shape index (κ1) is 16.5. The number of rotatable bonds is 6. The SMILES string of the molecule is COC(=O)c1cc(C)ccc1NS(=O)(=O)CCC(C)C. The van der Waals surface area contributed by atoms with Crippen LogP contribution in [-0.4, -0.2) is 27.2 Å². The minimum Gasteiger partial charge on any atom is -0.465 e. The number of hydrogen-bond acceptors (Lipinski definition) is 4. The van der Waals surface area contributed by atoms with Gasteiger partial charge in [-0.15, -0.1) is 0 Å². The number of benzene rings is 1. The first-order chi connectivity index (χ1) is 9.25. The van der Waals surface area contributed by atoms with Crippen LogP contribution in [0.5, 0.6) is 0 Å². The van der Waals surface area contributed by atoms with Crippen molar-refractivity contribution in [1.29, 1.82) is 0 Å². The van der Waals surface area contributed by atoms with E-state index in [0.29, 0.717) is 12.3 Å². The Labute approximate surface area is 120 Å². The van der Waals surface area contributed by atoms with Crippen molar-refractivity contribution in [3.8, 4) is 0 Å². The summed E-state index contributed by atoms with van der Waals surface area (Å²) in [5.41, 5.74) is 1.34. The Bertz CT molecular complexity index is 579. The van der Waals surface area contributed by atoms with Crippen molar-refractivity contribution in [2.75, 3.05) is 17.6 Å². The highest BCUT2D eigenvalue weighted by Gasteiger charge is 2.17. The molecule has 112 valence electrons. The third-order valence-electron chi connectivity index (χ3n) is 2.81. The molecule has 0 saturated carbocycles. The average Bonchev–Trinajstić information content (AvgIpc) is 2.37. The number of ether oxygens (including phenoxy) is 1. The summed E-state index contributed by atoms with van der Waals surface area (Å²) in [6.07, 6.45) is 0.564. The molecule has 0 radical (unpaired) electrons. The van der Waals surface area contributed by atoms with E-state index in [1.165, 1.54) is 7.11 Å². The van der Waals surface area contributed by atoms with Gasteiger partial charge < -0.3 is 4.74 Å². The zero-order chi connectivity index (χ0) is 15.3. The van der Waals surface area contributed by atoms with E-state index in [4.69, 9.17) is 0 Å². The van der Waals surface area contributed by atoms with Crippen molar-refractivity contribution >= 4 is 21.7 Å². The lowest BCUT2D eigenvalue weighted by atomic mass is 10.1. The van der Waals surface area contributed by atoms with Crippen molar-refractivity contribution in [1.82, 2.24) is 0 Å². The molecule has 0 spiro atoms. The summed E-state index contributed by atoms with van der Waals surface area (Å²) in [4.78, 5) is 11.7. The van der Waals surface area contributed by atoms with Crippen molar-refractivity contribution in [2.45, 2.75) is 27.2 Å². The number of esters is 1. The van der Waals surface area contributed by atoms with Gasteiger partial charge in [0.15, 0.2) is 0 Å². The van der Waals surface area contributed by atoms with E-state index in [9.17, 15) is 13.2 Å². The Hall–Kier alpha value is -1.56. The van der Waals surface area contributed by atoms with Crippen LogP contribution in [0.4, 0.5) is 5.69 Å². The van der Waals surface area contributed by atoms with Gasteiger partial charge in [-0.05, 0) is 31.4 Å². The molecule has 0 saturated heterocycles. The molecule has 1 rings (SSSR count). The van der Waals surface area contributed by atoms with Gasteiger partial charge in [0, 0.05) is 0 Å². The molecule has 0 aliphatic carbocycles. The molecule has 0 aliphatic rings. The quantitative estimate of drug-likeness (QED) is 0.819. The fraction of sp³-hybridized carbons (Fsp3) is 0.500. The fourth-order valence-corrected chi connectivity index (χ4v) is 3.03. The van der Waals surface area contributed by atoms with Gasteiger partial charge >= 0.3 is 5.97 Å². The van der Waals surface area contributed by atoms with E-state index in [-0.39, 0.29) is 17.0 Å². The Morgan fingerprint density at radius 2 is 2.00 bits per heavy atom. The van der Waals surface area contributed by atoms with Gasteiger partial charge in [-0.3, -0.25) is 4.72 Å². The second-order valence-electron chi connectivity index (χ2n) is 5.14. The van der Waals surface area contributed by atoms with E-state index < -0.39 is 16.0 Å². The smallest absolute Gasteiger partial charge is 0.340 e. The van der Waals surface area contributed by atoms with Crippen LogP contribution in [0.15, 0.2) is 18.2 Å². The van der Waals surface area contributed by atoms with Crippen molar-refractivity contribution in [3.05, 3.63) is 29.3 Å². The number of aryl methyl sites for hydroxylation is 1. The Morgan fingerprint density at radius 1 is 1.35 bits per heavy atom. The molecular weight excluding hydrogens is 278 g/mol. The summed E-state index contributed by atoms with van der Waals surface area (Å²) < 4.78 is 31.1. The van der Waals surface area contributed by atoms with Crippen LogP contribution in [-0.2, 0) is 14.8 Å². The second-order valence-corrected chi connectivity index (χ2v) is 6.99. The largest absolute Gasteiger partial charge is 0.465 e. The lowest BCUT2D eigenvalue weighted by Gasteiger charge is -2.13. The molecule has 20 heavy (non-hydrogen) atoms. The molecule has 0 atom stereocenters. The summed E-state index contributed by atoms with van der Waals surface area (Å²) in [5, 5.41) is 0. The third-order valence-corrected chi connectivity index (χ3v) is 4.11. The first-order valence-corrected chi connectivity index (χ1v) is 8.10. The van der Waals surface area contributed by atoms with Gasteiger partial charge in [0.1, 0.15) is 0 Å². The number of carbonyl (C=O) groups is 1. The highest BCUT2D eigenvalue weighted by Crippen LogP contribution is 2.20. The van der Waals surface area contributed by atoms with Gasteiger partial charge in [-0.1, -0.05) is 25.5 Å². The summed E-state index contributed by atoms with van der Waals surface area (Å²) >= 11 is 0. The highest BCUT2D eigenvalue weighted by molar-refractivity contribution is 7.92. The molecule has 1 aromatic rings. The molecule has 0 aromatic heterocycles. The van der Waals surface area contributed by atoms with Crippen molar-refractivity contribution < 1.29 is 17.9 Å². The van der Waals surface area contributed by atoms with Gasteiger partial charge in [0.2, 0.25) is 10.0 Å². The molecule has 1 aromatic carbocycles. The third kappa shape index (κ3) is 4.85. The second kappa shape index (κ2) is 6.74. The molecule has 0 aliphatic heterocycles. The lowest BCUT2D eigenvalue weighted by Crippen LogP contribution is -2.20. The van der Waals surface area contributed by atoms with Gasteiger partial charge in [0.05, 0.1) is 24.1 Å². The molecular formula is C14H21NO4S. The predicted molar refractivity (Wildman–Crippen MR) is 79.4 cm³/mol. The Balaban J connectivity index is 3.00. The molecule has 0 amide bonds. The van der Waals surface area contributed by atoms with E-state index in [2.05, 4.69) is 9.46 Å². The number of carbonyl (C=O) groups excluding carboxylic acids is 1. The number of anilines is 1. The van der Waals surface area contributed by atoms with Crippen LogP contribution >= 0.6 is 0 Å². The molecule has 0 heterocycles. The van der Waals surface area contributed by atoms with Crippen molar-refractivity contribution in [2.24, 2.45) is 5.92 Å². The Kier molecular flexibility index (Phi) is 5.56. The maximum absolute atomic E-state index is 12.0. The lowest BCUT2D eigenvalue weighted by molar-refractivity contribution is 0.0602. The Morgan fingerprint density at radius 3 is 2.55 bits per heavy atom. The zero-order valence-corrected chi connectivity index (χ0v) is 13.1. The minimum atomic E-state index is -3.46. The summed E-state index contributed by atoms with van der Waals surface area (Å²) in [6.45, 7) is 5.74. The fourth-order valence-electron chi connectivity index (χ4n) is 1.64. The summed E-state index contributed by atoms with van der Waals surface area (Å²) in [5.74, 6) is -0.237. The zero-order valence-electron chi connectivity index (χ0n) is 12.3. The minimum absolute atomic E-state index is 0.0269. The van der Waals surface area contributed by atoms with Crippen LogP contribution in [0, 0.1) is 12.8 Å². The van der Waals surface area contributed by atoms with Crippen LogP contribution in [0.3, 0.4) is 0 Å². The maximum atomic E-state index is 12.0. The van der Waals surface area contributed by atoms with Crippen molar-refractivity contribution in [3.63, 3.8) is 0 Å². The standard InChI is InChI=1S/C14H21NO4S/c1-10(2)7-8-20(17,18)15-13-6-5-11(3)9-12(13)14(16)19-4/h5-6,9-10,15H,7-8H2,1-4H3. The van der Waals surface area contributed by atoms with Crippen LogP contribution in [0.25, 0.3) is 0 Å². The van der Waals surface area contributed by atoms with Crippen LogP contribution in [0.2, 0.25) is 0 Å². The summed E-state index contributed by atoms with van der Waals surface area (Å²) in [6, 6.07) is 4.92. The average molecular weight is 299 g/mol. The van der Waals surface area contributed by atoms with E-state index in [1.807, 2.05) is 20.8 Å². The normalized spacial score (nSPS) is 11.4. The van der Waals surface area contributed by atoms with Crippen LogP contribution < -0.4 is 4.72 Å². The molecule has 0 unspecified atom stereocenters. The molecule has 0 bridgehead atoms. The van der Waals surface area contributed by atoms with Crippen LogP contribution in [0.1, 0.15) is 36.2 Å². The van der Waals surface area contributed by atoms with E-state index in [1.54, 1.807) is 18.2 Å². The molecule has 1 N–H and O–H groups in total. The topological polar surface area (TPSA) is 72.5 Å². The molecule has 0 fully saturated rings. The highest BCUT2D eigenvalue weighted by atomic mass is 32.2. The number of methoxy groups -OCH3 is 1. The van der Waals surface area contributed by atoms with E-state index in [0.717, 1.165) is 5.56 Å². The van der Waals surface area contributed by atoms with E-state index >= 15 is 0 Å². The van der Waals surface area contributed by atoms with Gasteiger partial charge in [0.25, 0.3) is 0 Å². The summed E-state index contributed by atoms with van der Waals surface area (Å²) in [7, 11) is -2.20. The molecule has 6 heteroatoms. The predicted octanol–water partition coefficient (Wildman–Crippen LogP) is 2.57. The number of nitrogens with one attached hydrogen (secondary N) is 1. The van der Waals surface area contributed by atoms with Gasteiger partial charge in [-0.2, -0.15) is 0 Å². The monoisotopic (exact) mass is 299 g/mol. The molecule has 5 nitrogen and oxygen atoms in total. The first-order valence-electron chi connectivity index (χ1n) is 6.44. The van der Waals surface area contributed by atoms with Gasteiger partial charge in [-0.25, -0.2) is 13.2 Å². The number of hydrogen-bond donors (Lipinski definition) is 1. The number of sulfonamides is 1.